The van der Waals surface area contributed by atoms with Crippen LogP contribution in [0.2, 0.25) is 5.02 Å². The van der Waals surface area contributed by atoms with Crippen LogP contribution in [-0.2, 0) is 14.8 Å². The van der Waals surface area contributed by atoms with Gasteiger partial charge in [-0.1, -0.05) is 11.6 Å². The molecule has 9 heteroatoms. The number of sulfonamides is 1. The Hall–Kier alpha value is -2.29. The quantitative estimate of drug-likeness (QED) is 0.609. The molecular formula is C18H19ClN4O3S. The van der Waals surface area contributed by atoms with Crippen LogP contribution in [0, 0.1) is 5.92 Å². The van der Waals surface area contributed by atoms with E-state index in [1.165, 1.54) is 16.4 Å². The van der Waals surface area contributed by atoms with E-state index in [0.717, 1.165) is 5.56 Å². The molecule has 2 heterocycles. The summed E-state index contributed by atoms with van der Waals surface area (Å²) >= 11 is 5.81. The fraction of sp³-hybridized carbons (Fsp3) is 0.278. The van der Waals surface area contributed by atoms with E-state index in [4.69, 9.17) is 11.6 Å². The third kappa shape index (κ3) is 4.91. The van der Waals surface area contributed by atoms with Crippen molar-refractivity contribution in [1.29, 1.82) is 0 Å². The molecule has 1 aliphatic rings. The van der Waals surface area contributed by atoms with Crippen molar-refractivity contribution in [3.8, 4) is 0 Å². The van der Waals surface area contributed by atoms with Crippen molar-refractivity contribution in [1.82, 2.24) is 14.7 Å². The number of rotatable bonds is 5. The minimum atomic E-state index is -3.57. The van der Waals surface area contributed by atoms with Crippen LogP contribution >= 0.6 is 11.6 Å². The fourth-order valence-corrected chi connectivity index (χ4v) is 4.42. The van der Waals surface area contributed by atoms with Gasteiger partial charge in [0.15, 0.2) is 0 Å². The van der Waals surface area contributed by atoms with Crippen LogP contribution in [0.4, 0.5) is 0 Å². The van der Waals surface area contributed by atoms with Gasteiger partial charge in [0.25, 0.3) is 0 Å². The zero-order valence-electron chi connectivity index (χ0n) is 14.5. The highest BCUT2D eigenvalue weighted by molar-refractivity contribution is 7.89. The molecule has 1 amide bonds. The second kappa shape index (κ2) is 8.60. The molecule has 1 fully saturated rings. The minimum Gasteiger partial charge on any atom is -0.273 e. The number of hydrazone groups is 1. The maximum absolute atomic E-state index is 12.7. The van der Waals surface area contributed by atoms with E-state index in [1.807, 2.05) is 0 Å². The van der Waals surface area contributed by atoms with Crippen LogP contribution in [0.25, 0.3) is 0 Å². The smallest absolute Gasteiger partial charge is 0.243 e. The number of carbonyl (C=O) groups excluding carboxylic acids is 1. The van der Waals surface area contributed by atoms with Crippen molar-refractivity contribution in [3.63, 3.8) is 0 Å². The Kier molecular flexibility index (Phi) is 6.20. The summed E-state index contributed by atoms with van der Waals surface area (Å²) in [5.41, 5.74) is 3.35. The summed E-state index contributed by atoms with van der Waals surface area (Å²) in [6.07, 6.45) is 5.71. The topological polar surface area (TPSA) is 91.7 Å². The number of aromatic nitrogens is 1. The zero-order chi connectivity index (χ0) is 19.3. The molecule has 1 N–H and O–H groups in total. The first kappa shape index (κ1) is 19.5. The number of hydrogen-bond donors (Lipinski definition) is 1. The highest BCUT2D eigenvalue weighted by Gasteiger charge is 2.32. The van der Waals surface area contributed by atoms with Crippen molar-refractivity contribution in [2.24, 2.45) is 11.0 Å². The van der Waals surface area contributed by atoms with E-state index in [2.05, 4.69) is 15.5 Å². The minimum absolute atomic E-state index is 0.205. The molecule has 3 rings (SSSR count). The average Bonchev–Trinajstić information content (AvgIpc) is 2.69. The zero-order valence-corrected chi connectivity index (χ0v) is 16.0. The Balaban J connectivity index is 1.54. The summed E-state index contributed by atoms with van der Waals surface area (Å²) in [6.45, 7) is 0.578. The predicted octanol–water partition coefficient (Wildman–Crippen LogP) is 2.29. The summed E-state index contributed by atoms with van der Waals surface area (Å²) in [5.74, 6) is -0.472. The number of hydrogen-bond acceptors (Lipinski definition) is 5. The summed E-state index contributed by atoms with van der Waals surface area (Å²) in [7, 11) is -3.57. The van der Waals surface area contributed by atoms with Gasteiger partial charge in [0.1, 0.15) is 0 Å². The number of benzene rings is 1. The number of piperidine rings is 1. The highest BCUT2D eigenvalue weighted by Crippen LogP contribution is 2.24. The number of nitrogens with zero attached hydrogens (tertiary/aromatic N) is 3. The summed E-state index contributed by atoms with van der Waals surface area (Å²) in [6, 6.07) is 9.63. The van der Waals surface area contributed by atoms with Gasteiger partial charge in [0.2, 0.25) is 15.9 Å². The number of pyridine rings is 1. The maximum Gasteiger partial charge on any atom is 0.243 e. The average molecular weight is 407 g/mol. The number of carbonyl (C=O) groups is 1. The second-order valence-electron chi connectivity index (χ2n) is 6.15. The molecule has 1 saturated heterocycles. The lowest BCUT2D eigenvalue weighted by Gasteiger charge is -2.30. The predicted molar refractivity (Wildman–Crippen MR) is 103 cm³/mol. The number of amides is 1. The van der Waals surface area contributed by atoms with Crippen molar-refractivity contribution in [2.75, 3.05) is 13.1 Å². The van der Waals surface area contributed by atoms with Crippen molar-refractivity contribution < 1.29 is 13.2 Å². The Morgan fingerprint density at radius 1 is 1.15 bits per heavy atom. The molecule has 0 radical (unpaired) electrons. The van der Waals surface area contributed by atoms with Crippen LogP contribution in [0.1, 0.15) is 18.4 Å². The molecule has 2 aromatic rings. The third-order valence-electron chi connectivity index (χ3n) is 4.37. The van der Waals surface area contributed by atoms with Gasteiger partial charge in [-0.15, -0.1) is 0 Å². The van der Waals surface area contributed by atoms with Crippen molar-refractivity contribution >= 4 is 33.7 Å². The molecule has 1 aromatic heterocycles. The van der Waals surface area contributed by atoms with Crippen molar-refractivity contribution in [3.05, 3.63) is 59.4 Å². The van der Waals surface area contributed by atoms with Crippen LogP contribution < -0.4 is 5.43 Å². The Morgan fingerprint density at radius 2 is 1.78 bits per heavy atom. The first-order chi connectivity index (χ1) is 13.0. The van der Waals surface area contributed by atoms with Crippen LogP contribution in [0.5, 0.6) is 0 Å². The molecule has 0 aliphatic carbocycles. The van der Waals surface area contributed by atoms with Gasteiger partial charge in [0, 0.05) is 36.4 Å². The molecular weight excluding hydrogens is 388 g/mol. The van der Waals surface area contributed by atoms with E-state index in [9.17, 15) is 13.2 Å². The fourth-order valence-electron chi connectivity index (χ4n) is 2.83. The molecule has 27 heavy (non-hydrogen) atoms. The maximum atomic E-state index is 12.7. The summed E-state index contributed by atoms with van der Waals surface area (Å²) < 4.78 is 26.7. The standard InChI is InChI=1S/C18H19ClN4O3S/c19-16-1-3-17(4-2-16)27(25,26)23-11-7-15(8-12-23)18(24)22-21-13-14-5-9-20-10-6-14/h1-6,9-10,13,15H,7-8,11-12H2,(H,22,24)/b21-13-. The lowest BCUT2D eigenvalue weighted by molar-refractivity contribution is -0.126. The molecule has 1 aromatic carbocycles. The third-order valence-corrected chi connectivity index (χ3v) is 6.54. The number of halogens is 1. The van der Waals surface area contributed by atoms with Crippen LogP contribution in [0.3, 0.4) is 0 Å². The van der Waals surface area contributed by atoms with Gasteiger partial charge >= 0.3 is 0 Å². The summed E-state index contributed by atoms with van der Waals surface area (Å²) in [4.78, 5) is 16.3. The van der Waals surface area contributed by atoms with Gasteiger partial charge in [-0.3, -0.25) is 9.78 Å². The molecule has 1 aliphatic heterocycles. The second-order valence-corrected chi connectivity index (χ2v) is 8.52. The molecule has 0 atom stereocenters. The van der Waals surface area contributed by atoms with Crippen molar-refractivity contribution in [2.45, 2.75) is 17.7 Å². The first-order valence-corrected chi connectivity index (χ1v) is 10.3. The lowest BCUT2D eigenvalue weighted by Crippen LogP contribution is -2.42. The Labute approximate surface area is 163 Å². The Morgan fingerprint density at radius 3 is 2.41 bits per heavy atom. The van der Waals surface area contributed by atoms with Crippen LogP contribution in [-0.4, -0.2) is 42.9 Å². The molecule has 0 bridgehead atoms. The van der Waals surface area contributed by atoms with Gasteiger partial charge in [-0.2, -0.15) is 9.41 Å². The van der Waals surface area contributed by atoms with E-state index in [-0.39, 0.29) is 29.8 Å². The van der Waals surface area contributed by atoms with E-state index < -0.39 is 10.0 Å². The molecule has 0 saturated carbocycles. The van der Waals surface area contributed by atoms with E-state index in [0.29, 0.717) is 17.9 Å². The summed E-state index contributed by atoms with van der Waals surface area (Å²) in [5, 5.41) is 4.43. The molecule has 142 valence electrons. The Bertz CT molecular complexity index is 909. The lowest BCUT2D eigenvalue weighted by atomic mass is 9.98. The highest BCUT2D eigenvalue weighted by atomic mass is 35.5. The van der Waals surface area contributed by atoms with Crippen LogP contribution in [0.15, 0.2) is 58.8 Å². The van der Waals surface area contributed by atoms with Gasteiger partial charge in [-0.25, -0.2) is 13.8 Å². The first-order valence-electron chi connectivity index (χ1n) is 8.45. The molecule has 0 unspecified atom stereocenters. The monoisotopic (exact) mass is 406 g/mol. The van der Waals surface area contributed by atoms with Gasteiger partial charge in [-0.05, 0) is 54.8 Å². The van der Waals surface area contributed by atoms with Gasteiger partial charge in [0.05, 0.1) is 11.1 Å². The van der Waals surface area contributed by atoms with E-state index in [1.54, 1.807) is 42.9 Å². The molecule has 7 nitrogen and oxygen atoms in total. The normalized spacial score (nSPS) is 16.5. The largest absolute Gasteiger partial charge is 0.273 e. The van der Waals surface area contributed by atoms with E-state index >= 15 is 0 Å². The molecule has 0 spiro atoms. The van der Waals surface area contributed by atoms with Gasteiger partial charge < -0.3 is 0 Å². The SMILES string of the molecule is O=C(N/N=C\c1ccncc1)C1CCN(S(=O)(=O)c2ccc(Cl)cc2)CC1. The number of nitrogens with one attached hydrogen (secondary N) is 1.